The molecule has 1 aromatic carbocycles. The second-order valence-corrected chi connectivity index (χ2v) is 4.09. The second kappa shape index (κ2) is 5.60. The quantitative estimate of drug-likeness (QED) is 0.882. The Bertz CT molecular complexity index is 462. The smallest absolute Gasteiger partial charge is 0.171 e. The monoisotopic (exact) mass is 247 g/mol. The number of benzene rings is 1. The van der Waals surface area contributed by atoms with Crippen molar-refractivity contribution < 1.29 is 13.9 Å². The zero-order chi connectivity index (χ0) is 13.0. The number of methoxy groups -OCH3 is 1. The molecule has 0 fully saturated rings. The highest BCUT2D eigenvalue weighted by atomic mass is 16.5. The van der Waals surface area contributed by atoms with Gasteiger partial charge in [-0.2, -0.15) is 0 Å². The minimum Gasteiger partial charge on any atom is -0.497 e. The van der Waals surface area contributed by atoms with Crippen molar-refractivity contribution in [2.24, 2.45) is 5.73 Å². The minimum atomic E-state index is -0.298. The zero-order valence-corrected chi connectivity index (χ0v) is 10.5. The van der Waals surface area contributed by atoms with Crippen LogP contribution in [0, 0.1) is 0 Å². The number of rotatable bonds is 5. The van der Waals surface area contributed by atoms with Crippen LogP contribution in [-0.4, -0.2) is 13.2 Å². The third-order valence-corrected chi connectivity index (χ3v) is 2.62. The third kappa shape index (κ3) is 2.84. The normalized spacial score (nSPS) is 13.9. The molecule has 0 spiro atoms. The van der Waals surface area contributed by atoms with Crippen molar-refractivity contribution >= 4 is 0 Å². The third-order valence-electron chi connectivity index (χ3n) is 2.62. The molecule has 2 aromatic rings. The molecule has 96 valence electrons. The van der Waals surface area contributed by atoms with Gasteiger partial charge in [-0.05, 0) is 43.3 Å². The lowest BCUT2D eigenvalue weighted by Gasteiger charge is -2.20. The first-order valence-corrected chi connectivity index (χ1v) is 5.80. The summed E-state index contributed by atoms with van der Waals surface area (Å²) in [6, 6.07) is 10.9. The summed E-state index contributed by atoms with van der Waals surface area (Å²) < 4.78 is 16.3. The molecular formula is C14H17NO3. The highest BCUT2D eigenvalue weighted by Crippen LogP contribution is 2.26. The van der Waals surface area contributed by atoms with Crippen LogP contribution >= 0.6 is 0 Å². The first kappa shape index (κ1) is 12.5. The highest BCUT2D eigenvalue weighted by Gasteiger charge is 2.20. The van der Waals surface area contributed by atoms with E-state index in [2.05, 4.69) is 0 Å². The summed E-state index contributed by atoms with van der Waals surface area (Å²) in [5.74, 6) is 2.24. The van der Waals surface area contributed by atoms with E-state index in [-0.39, 0.29) is 12.1 Å². The van der Waals surface area contributed by atoms with E-state index in [9.17, 15) is 0 Å². The van der Waals surface area contributed by atoms with Crippen molar-refractivity contribution in [3.63, 3.8) is 0 Å². The number of nitrogens with two attached hydrogens (primary N) is 1. The fourth-order valence-electron chi connectivity index (χ4n) is 1.68. The maximum atomic E-state index is 5.92. The van der Waals surface area contributed by atoms with Crippen molar-refractivity contribution in [1.29, 1.82) is 0 Å². The Morgan fingerprint density at radius 2 is 1.78 bits per heavy atom. The largest absolute Gasteiger partial charge is 0.497 e. The van der Waals surface area contributed by atoms with Gasteiger partial charge < -0.3 is 19.6 Å². The summed E-state index contributed by atoms with van der Waals surface area (Å²) in [7, 11) is 1.63. The van der Waals surface area contributed by atoms with E-state index < -0.39 is 0 Å². The molecule has 2 unspecified atom stereocenters. The first-order chi connectivity index (χ1) is 8.70. The lowest BCUT2D eigenvalue weighted by molar-refractivity contribution is 0.153. The molecule has 2 rings (SSSR count). The van der Waals surface area contributed by atoms with Crippen molar-refractivity contribution in [2.75, 3.05) is 7.11 Å². The molecule has 0 aliphatic rings. The van der Waals surface area contributed by atoms with Crippen LogP contribution in [0.3, 0.4) is 0 Å². The fraction of sp³-hybridized carbons (Fsp3) is 0.286. The van der Waals surface area contributed by atoms with Gasteiger partial charge in [0.15, 0.2) is 6.10 Å². The Labute approximate surface area is 106 Å². The fourth-order valence-corrected chi connectivity index (χ4v) is 1.68. The van der Waals surface area contributed by atoms with Gasteiger partial charge in [-0.15, -0.1) is 0 Å². The second-order valence-electron chi connectivity index (χ2n) is 4.09. The molecule has 0 aliphatic carbocycles. The molecular weight excluding hydrogens is 230 g/mol. The van der Waals surface area contributed by atoms with Crippen molar-refractivity contribution in [2.45, 2.75) is 19.1 Å². The van der Waals surface area contributed by atoms with E-state index in [1.807, 2.05) is 43.3 Å². The lowest BCUT2D eigenvalue weighted by atomic mass is 10.1. The van der Waals surface area contributed by atoms with Crippen LogP contribution in [0.5, 0.6) is 11.5 Å². The van der Waals surface area contributed by atoms with Crippen LogP contribution in [0.2, 0.25) is 0 Å². The van der Waals surface area contributed by atoms with Crippen molar-refractivity contribution in [3.8, 4) is 11.5 Å². The van der Waals surface area contributed by atoms with Gasteiger partial charge in [0.25, 0.3) is 0 Å². The standard InChI is InChI=1S/C14H17NO3/c1-10(15)14(13-4-3-9-17-13)18-12-7-5-11(16-2)6-8-12/h3-10,14H,15H2,1-2H3. The summed E-state index contributed by atoms with van der Waals surface area (Å²) in [6.07, 6.45) is 1.32. The number of furan rings is 1. The van der Waals surface area contributed by atoms with Crippen LogP contribution < -0.4 is 15.2 Å². The highest BCUT2D eigenvalue weighted by molar-refractivity contribution is 5.31. The first-order valence-electron chi connectivity index (χ1n) is 5.80. The number of ether oxygens (including phenoxy) is 2. The number of hydrogen-bond donors (Lipinski definition) is 1. The molecule has 0 saturated carbocycles. The lowest BCUT2D eigenvalue weighted by Crippen LogP contribution is -2.28. The van der Waals surface area contributed by atoms with Crippen LogP contribution in [0.4, 0.5) is 0 Å². The molecule has 0 radical (unpaired) electrons. The van der Waals surface area contributed by atoms with Crippen LogP contribution in [0.25, 0.3) is 0 Å². The maximum absolute atomic E-state index is 5.92. The van der Waals surface area contributed by atoms with Crippen molar-refractivity contribution in [3.05, 3.63) is 48.4 Å². The average Bonchev–Trinajstić information content (AvgIpc) is 2.90. The molecule has 1 heterocycles. The predicted octanol–water partition coefficient (Wildman–Crippen LogP) is 2.76. The molecule has 0 amide bonds. The van der Waals surface area contributed by atoms with Gasteiger partial charge in [0.05, 0.1) is 13.4 Å². The van der Waals surface area contributed by atoms with E-state index in [4.69, 9.17) is 19.6 Å². The van der Waals surface area contributed by atoms with E-state index >= 15 is 0 Å². The van der Waals surface area contributed by atoms with E-state index in [0.717, 1.165) is 17.3 Å². The molecule has 18 heavy (non-hydrogen) atoms. The zero-order valence-electron chi connectivity index (χ0n) is 10.5. The van der Waals surface area contributed by atoms with Gasteiger partial charge in [-0.25, -0.2) is 0 Å². The Hall–Kier alpha value is -1.94. The van der Waals surface area contributed by atoms with Gasteiger partial charge in [0, 0.05) is 6.04 Å². The van der Waals surface area contributed by atoms with E-state index in [0.29, 0.717) is 0 Å². The summed E-state index contributed by atoms with van der Waals surface area (Å²) in [5.41, 5.74) is 5.92. The van der Waals surface area contributed by atoms with Gasteiger partial charge in [-0.1, -0.05) is 0 Å². The average molecular weight is 247 g/mol. The van der Waals surface area contributed by atoms with E-state index in [1.54, 1.807) is 13.4 Å². The molecule has 0 bridgehead atoms. The number of hydrogen-bond acceptors (Lipinski definition) is 4. The summed E-state index contributed by atoms with van der Waals surface area (Å²) in [5, 5.41) is 0. The molecule has 2 atom stereocenters. The predicted molar refractivity (Wildman–Crippen MR) is 68.7 cm³/mol. The summed E-state index contributed by atoms with van der Waals surface area (Å²) >= 11 is 0. The molecule has 0 saturated heterocycles. The molecule has 1 aromatic heterocycles. The Morgan fingerprint density at radius 3 is 2.28 bits per heavy atom. The maximum Gasteiger partial charge on any atom is 0.171 e. The molecule has 0 aliphatic heterocycles. The van der Waals surface area contributed by atoms with Gasteiger partial charge in [0.1, 0.15) is 17.3 Å². The van der Waals surface area contributed by atoms with Gasteiger partial charge in [-0.3, -0.25) is 0 Å². The molecule has 4 nitrogen and oxygen atoms in total. The van der Waals surface area contributed by atoms with Crippen LogP contribution in [-0.2, 0) is 0 Å². The van der Waals surface area contributed by atoms with Crippen LogP contribution in [0.15, 0.2) is 47.1 Å². The Kier molecular flexibility index (Phi) is 3.89. The minimum absolute atomic E-state index is 0.168. The molecule has 2 N–H and O–H groups in total. The van der Waals surface area contributed by atoms with Gasteiger partial charge in [0.2, 0.25) is 0 Å². The summed E-state index contributed by atoms with van der Waals surface area (Å²) in [4.78, 5) is 0. The Balaban J connectivity index is 2.13. The molecule has 4 heteroatoms. The summed E-state index contributed by atoms with van der Waals surface area (Å²) in [6.45, 7) is 1.89. The van der Waals surface area contributed by atoms with E-state index in [1.165, 1.54) is 0 Å². The topological polar surface area (TPSA) is 57.6 Å². The van der Waals surface area contributed by atoms with Crippen molar-refractivity contribution in [1.82, 2.24) is 0 Å². The van der Waals surface area contributed by atoms with Gasteiger partial charge >= 0.3 is 0 Å². The SMILES string of the molecule is COc1ccc(OC(c2ccco2)C(C)N)cc1. The Morgan fingerprint density at radius 1 is 1.11 bits per heavy atom. The van der Waals surface area contributed by atoms with Crippen LogP contribution in [0.1, 0.15) is 18.8 Å².